The summed E-state index contributed by atoms with van der Waals surface area (Å²) in [4.78, 5) is 5.61. The van der Waals surface area contributed by atoms with Gasteiger partial charge in [-0.25, -0.2) is 4.98 Å². The smallest absolute Gasteiger partial charge is 0.355 e. The van der Waals surface area contributed by atoms with E-state index in [1.165, 1.54) is 0 Å². The van der Waals surface area contributed by atoms with Crippen LogP contribution in [0.25, 0.3) is 0 Å². The summed E-state index contributed by atoms with van der Waals surface area (Å²) in [6.45, 7) is 1.21. The first-order chi connectivity index (χ1) is 8.91. The number of hydrogen-bond donors (Lipinski definition) is 1. The van der Waals surface area contributed by atoms with Crippen molar-refractivity contribution in [1.29, 1.82) is 5.26 Å². The number of piperidine rings is 1. The van der Waals surface area contributed by atoms with E-state index in [1.54, 1.807) is 6.07 Å². The predicted molar refractivity (Wildman–Crippen MR) is 63.4 cm³/mol. The third-order valence-electron chi connectivity index (χ3n) is 3.15. The molecule has 1 aliphatic rings. The van der Waals surface area contributed by atoms with Crippen molar-refractivity contribution in [3.8, 4) is 6.07 Å². The fourth-order valence-corrected chi connectivity index (χ4v) is 2.06. The van der Waals surface area contributed by atoms with Gasteiger partial charge in [0, 0.05) is 25.3 Å². The molecule has 1 aromatic rings. The number of nitrogens with zero attached hydrogens (tertiary/aromatic N) is 3. The van der Waals surface area contributed by atoms with Crippen LogP contribution in [0.3, 0.4) is 0 Å². The highest BCUT2D eigenvalue weighted by Gasteiger charge is 2.32. The summed E-state index contributed by atoms with van der Waals surface area (Å²) in [7, 11) is 0. The van der Waals surface area contributed by atoms with Crippen LogP contribution in [0.4, 0.5) is 19.0 Å². The van der Waals surface area contributed by atoms with E-state index < -0.39 is 11.7 Å². The third-order valence-corrected chi connectivity index (χ3v) is 3.15. The highest BCUT2D eigenvalue weighted by molar-refractivity contribution is 5.55. The van der Waals surface area contributed by atoms with Gasteiger partial charge in [-0.15, -0.1) is 0 Å². The van der Waals surface area contributed by atoms with E-state index in [0.29, 0.717) is 18.9 Å². The molecule has 1 fully saturated rings. The predicted octanol–water partition coefficient (Wildman–Crippen LogP) is 1.90. The topological polar surface area (TPSA) is 65.9 Å². The number of nitriles is 1. The number of halogens is 3. The quantitative estimate of drug-likeness (QED) is 0.846. The number of hydrogen-bond acceptors (Lipinski definition) is 4. The zero-order chi connectivity index (χ0) is 14.0. The molecule has 102 valence electrons. The van der Waals surface area contributed by atoms with E-state index in [2.05, 4.69) is 4.98 Å². The second kappa shape index (κ2) is 5.05. The van der Waals surface area contributed by atoms with Gasteiger partial charge in [0.05, 0.1) is 11.1 Å². The number of rotatable bonds is 1. The first-order valence-corrected chi connectivity index (χ1v) is 5.89. The Morgan fingerprint density at radius 3 is 2.53 bits per heavy atom. The molecular formula is C12H13F3N4. The zero-order valence-electron chi connectivity index (χ0n) is 10.1. The fraction of sp³-hybridized carbons (Fsp3) is 0.500. The molecule has 0 aromatic carbocycles. The van der Waals surface area contributed by atoms with Crippen LogP contribution in [-0.4, -0.2) is 24.1 Å². The number of pyridine rings is 1. The number of nitrogens with two attached hydrogens (primary N) is 1. The van der Waals surface area contributed by atoms with Gasteiger partial charge in [0.2, 0.25) is 0 Å². The first kappa shape index (κ1) is 13.6. The van der Waals surface area contributed by atoms with Crippen molar-refractivity contribution in [1.82, 2.24) is 4.98 Å². The van der Waals surface area contributed by atoms with Crippen molar-refractivity contribution >= 4 is 5.82 Å². The standard InChI is InChI=1S/C12H13F3N4/c13-12(14,15)9-5-8(6-16)11(18-7-9)19-3-1-10(17)2-4-19/h5,7,10H,1-4,17H2. The van der Waals surface area contributed by atoms with Crippen LogP contribution in [0.1, 0.15) is 24.0 Å². The van der Waals surface area contributed by atoms with Crippen molar-refractivity contribution in [2.24, 2.45) is 5.73 Å². The van der Waals surface area contributed by atoms with E-state index >= 15 is 0 Å². The summed E-state index contributed by atoms with van der Waals surface area (Å²) in [5.74, 6) is 0.308. The largest absolute Gasteiger partial charge is 0.417 e. The zero-order valence-corrected chi connectivity index (χ0v) is 10.1. The van der Waals surface area contributed by atoms with Crippen molar-refractivity contribution in [2.75, 3.05) is 18.0 Å². The monoisotopic (exact) mass is 270 g/mol. The van der Waals surface area contributed by atoms with Gasteiger partial charge in [-0.05, 0) is 18.9 Å². The molecule has 7 heteroatoms. The Morgan fingerprint density at radius 2 is 2.00 bits per heavy atom. The number of anilines is 1. The van der Waals surface area contributed by atoms with Gasteiger partial charge in [0.25, 0.3) is 0 Å². The average molecular weight is 270 g/mol. The minimum Gasteiger partial charge on any atom is -0.355 e. The lowest BCUT2D eigenvalue weighted by Crippen LogP contribution is -2.40. The second-order valence-corrected chi connectivity index (χ2v) is 4.53. The summed E-state index contributed by atoms with van der Waals surface area (Å²) in [6.07, 6.45) is -2.23. The van der Waals surface area contributed by atoms with E-state index in [1.807, 2.05) is 4.90 Å². The van der Waals surface area contributed by atoms with Crippen LogP contribution in [0.2, 0.25) is 0 Å². The molecule has 0 unspecified atom stereocenters. The Labute approximate surface area is 108 Å². The molecule has 0 amide bonds. The molecule has 1 saturated heterocycles. The molecule has 2 rings (SSSR count). The molecule has 0 atom stereocenters. The van der Waals surface area contributed by atoms with Crippen LogP contribution < -0.4 is 10.6 Å². The maximum absolute atomic E-state index is 12.5. The summed E-state index contributed by atoms with van der Waals surface area (Å²) >= 11 is 0. The SMILES string of the molecule is N#Cc1cc(C(F)(F)F)cnc1N1CCC(N)CC1. The Balaban J connectivity index is 2.29. The van der Waals surface area contributed by atoms with Crippen molar-refractivity contribution in [2.45, 2.75) is 25.1 Å². The molecular weight excluding hydrogens is 257 g/mol. The third kappa shape index (κ3) is 2.96. The van der Waals surface area contributed by atoms with Crippen LogP contribution in [0.15, 0.2) is 12.3 Å². The van der Waals surface area contributed by atoms with Gasteiger partial charge < -0.3 is 10.6 Å². The Bertz CT molecular complexity index is 499. The Morgan fingerprint density at radius 1 is 1.37 bits per heavy atom. The summed E-state index contributed by atoms with van der Waals surface area (Å²) in [6, 6.07) is 2.73. The highest BCUT2D eigenvalue weighted by atomic mass is 19.4. The van der Waals surface area contributed by atoms with Crippen LogP contribution in [0.5, 0.6) is 0 Å². The summed E-state index contributed by atoms with van der Waals surface area (Å²) in [5, 5.41) is 8.98. The maximum atomic E-state index is 12.5. The van der Waals surface area contributed by atoms with Gasteiger partial charge in [-0.1, -0.05) is 0 Å². The Hall–Kier alpha value is -1.81. The lowest BCUT2D eigenvalue weighted by atomic mass is 10.1. The summed E-state index contributed by atoms with van der Waals surface area (Å²) < 4.78 is 37.6. The molecule has 0 aliphatic carbocycles. The van der Waals surface area contributed by atoms with Crippen LogP contribution >= 0.6 is 0 Å². The van der Waals surface area contributed by atoms with Gasteiger partial charge >= 0.3 is 6.18 Å². The highest BCUT2D eigenvalue weighted by Crippen LogP contribution is 2.31. The maximum Gasteiger partial charge on any atom is 0.417 e. The first-order valence-electron chi connectivity index (χ1n) is 5.89. The van der Waals surface area contributed by atoms with E-state index in [4.69, 9.17) is 11.0 Å². The van der Waals surface area contributed by atoms with Gasteiger partial charge in [0.15, 0.2) is 0 Å². The molecule has 2 heterocycles. The van der Waals surface area contributed by atoms with E-state index in [-0.39, 0.29) is 11.6 Å². The van der Waals surface area contributed by atoms with Crippen LogP contribution in [-0.2, 0) is 6.18 Å². The number of aromatic nitrogens is 1. The van der Waals surface area contributed by atoms with Crippen molar-refractivity contribution in [3.63, 3.8) is 0 Å². The van der Waals surface area contributed by atoms with Gasteiger partial charge in [-0.3, -0.25) is 0 Å². The van der Waals surface area contributed by atoms with Crippen molar-refractivity contribution < 1.29 is 13.2 Å². The summed E-state index contributed by atoms with van der Waals surface area (Å²) in [5.41, 5.74) is 4.81. The Kier molecular flexibility index (Phi) is 3.62. The van der Waals surface area contributed by atoms with E-state index in [0.717, 1.165) is 25.1 Å². The minimum absolute atomic E-state index is 0.0507. The lowest BCUT2D eigenvalue weighted by Gasteiger charge is -2.31. The lowest BCUT2D eigenvalue weighted by molar-refractivity contribution is -0.137. The van der Waals surface area contributed by atoms with Crippen LogP contribution in [0, 0.1) is 11.3 Å². The molecule has 1 aliphatic heterocycles. The van der Waals surface area contributed by atoms with Crippen molar-refractivity contribution in [3.05, 3.63) is 23.4 Å². The molecule has 19 heavy (non-hydrogen) atoms. The molecule has 1 aromatic heterocycles. The average Bonchev–Trinajstić information content (AvgIpc) is 2.38. The fourth-order valence-electron chi connectivity index (χ4n) is 2.06. The molecule has 2 N–H and O–H groups in total. The molecule has 0 saturated carbocycles. The second-order valence-electron chi connectivity index (χ2n) is 4.53. The molecule has 0 bridgehead atoms. The molecule has 0 radical (unpaired) electrons. The number of alkyl halides is 3. The molecule has 0 spiro atoms. The molecule has 4 nitrogen and oxygen atoms in total. The minimum atomic E-state index is -4.48. The van der Waals surface area contributed by atoms with Gasteiger partial charge in [0.1, 0.15) is 11.9 Å². The van der Waals surface area contributed by atoms with Gasteiger partial charge in [-0.2, -0.15) is 18.4 Å². The van der Waals surface area contributed by atoms with E-state index in [9.17, 15) is 13.2 Å². The normalized spacial score (nSPS) is 17.3.